The van der Waals surface area contributed by atoms with Gasteiger partial charge in [-0.2, -0.15) is 0 Å². The molecule has 0 aromatic heterocycles. The third-order valence-corrected chi connectivity index (χ3v) is 4.58. The Morgan fingerprint density at radius 3 is 2.65 bits per heavy atom. The van der Waals surface area contributed by atoms with E-state index in [1.54, 1.807) is 24.3 Å². The summed E-state index contributed by atoms with van der Waals surface area (Å²) in [5, 5.41) is 0.345. The number of nitrogens with two attached hydrogens (primary N) is 1. The van der Waals surface area contributed by atoms with Gasteiger partial charge in [0, 0.05) is 5.69 Å². The van der Waals surface area contributed by atoms with Crippen molar-refractivity contribution in [1.82, 2.24) is 0 Å². The van der Waals surface area contributed by atoms with Gasteiger partial charge in [0.25, 0.3) is 0 Å². The highest BCUT2D eigenvalue weighted by Crippen LogP contribution is 2.25. The molecule has 2 aromatic rings. The van der Waals surface area contributed by atoms with E-state index in [-0.39, 0.29) is 11.5 Å². The van der Waals surface area contributed by atoms with Crippen LogP contribution in [0.5, 0.6) is 5.75 Å². The van der Waals surface area contributed by atoms with Gasteiger partial charge in [-0.25, -0.2) is 4.39 Å². The van der Waals surface area contributed by atoms with Gasteiger partial charge >= 0.3 is 0 Å². The first-order valence-electron chi connectivity index (χ1n) is 5.77. The molecule has 20 heavy (non-hydrogen) atoms. The summed E-state index contributed by atoms with van der Waals surface area (Å²) >= 11 is 6.00. The number of anilines is 1. The summed E-state index contributed by atoms with van der Waals surface area (Å²) in [4.78, 5) is 0.483. The highest BCUT2D eigenvalue weighted by Gasteiger charge is 2.11. The number of rotatable bonds is 4. The summed E-state index contributed by atoms with van der Waals surface area (Å²) in [6, 6.07) is 9.28. The van der Waals surface area contributed by atoms with Crippen LogP contribution in [0, 0.1) is 5.82 Å². The maximum Gasteiger partial charge on any atom is 0.165 e. The highest BCUT2D eigenvalue weighted by atomic mass is 35.5. The normalized spacial score (nSPS) is 12.2. The van der Waals surface area contributed by atoms with Gasteiger partial charge in [0.1, 0.15) is 0 Å². The van der Waals surface area contributed by atoms with Crippen LogP contribution in [0.3, 0.4) is 0 Å². The van der Waals surface area contributed by atoms with Crippen LogP contribution in [0.15, 0.2) is 41.3 Å². The number of hydrogen-bond donors (Lipinski definition) is 1. The van der Waals surface area contributed by atoms with Crippen molar-refractivity contribution in [2.45, 2.75) is 10.6 Å². The Morgan fingerprint density at radius 2 is 2.05 bits per heavy atom. The summed E-state index contributed by atoms with van der Waals surface area (Å²) in [6.07, 6.45) is 0. The van der Waals surface area contributed by atoms with Crippen molar-refractivity contribution in [3.05, 3.63) is 52.8 Å². The average Bonchev–Trinajstić information content (AvgIpc) is 2.38. The van der Waals surface area contributed by atoms with E-state index in [1.807, 2.05) is 0 Å². The van der Waals surface area contributed by atoms with E-state index in [0.29, 0.717) is 21.2 Å². The zero-order valence-electron chi connectivity index (χ0n) is 10.7. The lowest BCUT2D eigenvalue weighted by molar-refractivity contribution is 0.386. The molecule has 0 aliphatic rings. The Kier molecular flexibility index (Phi) is 4.62. The monoisotopic (exact) mass is 313 g/mol. The molecule has 106 valence electrons. The molecular weight excluding hydrogens is 301 g/mol. The third kappa shape index (κ3) is 3.29. The minimum absolute atomic E-state index is 0.157. The van der Waals surface area contributed by atoms with E-state index in [9.17, 15) is 8.60 Å². The van der Waals surface area contributed by atoms with E-state index in [4.69, 9.17) is 22.1 Å². The Hall–Kier alpha value is -1.59. The van der Waals surface area contributed by atoms with E-state index in [0.717, 1.165) is 0 Å². The quantitative estimate of drug-likeness (QED) is 0.880. The van der Waals surface area contributed by atoms with Crippen molar-refractivity contribution in [2.24, 2.45) is 0 Å². The Balaban J connectivity index is 2.21. The molecule has 0 spiro atoms. The fourth-order valence-corrected chi connectivity index (χ4v) is 3.31. The van der Waals surface area contributed by atoms with Gasteiger partial charge in [-0.3, -0.25) is 4.21 Å². The number of ether oxygens (including phenoxy) is 1. The molecule has 2 N–H and O–H groups in total. The van der Waals surface area contributed by atoms with Crippen LogP contribution < -0.4 is 10.5 Å². The Labute approximate surface area is 124 Å². The SMILES string of the molecule is COc1ccc(CS(=O)c2ccc(N)cc2Cl)cc1F. The molecule has 0 heterocycles. The molecule has 0 aliphatic carbocycles. The van der Waals surface area contributed by atoms with Gasteiger partial charge in [0.15, 0.2) is 11.6 Å². The van der Waals surface area contributed by atoms with Crippen LogP contribution in [0.25, 0.3) is 0 Å². The molecule has 0 saturated carbocycles. The summed E-state index contributed by atoms with van der Waals surface area (Å²) < 4.78 is 30.6. The molecule has 1 unspecified atom stereocenters. The maximum absolute atomic E-state index is 13.6. The molecule has 3 nitrogen and oxygen atoms in total. The van der Waals surface area contributed by atoms with Gasteiger partial charge in [0.2, 0.25) is 0 Å². The second-order valence-corrected chi connectivity index (χ2v) is 5.98. The highest BCUT2D eigenvalue weighted by molar-refractivity contribution is 7.84. The van der Waals surface area contributed by atoms with Crippen molar-refractivity contribution in [1.29, 1.82) is 0 Å². The summed E-state index contributed by atoms with van der Waals surface area (Å²) in [7, 11) is 0.0272. The van der Waals surface area contributed by atoms with Crippen LogP contribution in [0.2, 0.25) is 5.02 Å². The first kappa shape index (κ1) is 14.8. The van der Waals surface area contributed by atoms with Crippen molar-refractivity contribution in [2.75, 3.05) is 12.8 Å². The van der Waals surface area contributed by atoms with Crippen LogP contribution in [0.1, 0.15) is 5.56 Å². The molecule has 0 saturated heterocycles. The van der Waals surface area contributed by atoms with Gasteiger partial charge in [-0.15, -0.1) is 0 Å². The zero-order valence-corrected chi connectivity index (χ0v) is 12.3. The summed E-state index contributed by atoms with van der Waals surface area (Å²) in [5.74, 6) is -0.152. The number of nitrogen functional groups attached to an aromatic ring is 1. The lowest BCUT2D eigenvalue weighted by Crippen LogP contribution is -1.99. The van der Waals surface area contributed by atoms with Crippen molar-refractivity contribution in [3.8, 4) is 5.75 Å². The molecular formula is C14H13ClFNO2S. The zero-order chi connectivity index (χ0) is 14.7. The predicted molar refractivity (Wildman–Crippen MR) is 78.9 cm³/mol. The van der Waals surface area contributed by atoms with E-state index >= 15 is 0 Å². The van der Waals surface area contributed by atoms with Crippen LogP contribution in [-0.2, 0) is 16.6 Å². The number of halogens is 2. The fraction of sp³-hybridized carbons (Fsp3) is 0.143. The van der Waals surface area contributed by atoms with E-state index in [1.165, 1.54) is 19.2 Å². The van der Waals surface area contributed by atoms with Gasteiger partial charge in [0.05, 0.1) is 33.6 Å². The molecule has 6 heteroatoms. The molecule has 0 fully saturated rings. The minimum atomic E-state index is -1.37. The largest absolute Gasteiger partial charge is 0.494 e. The van der Waals surface area contributed by atoms with Crippen molar-refractivity contribution in [3.63, 3.8) is 0 Å². The first-order chi connectivity index (χ1) is 9.51. The summed E-state index contributed by atoms with van der Waals surface area (Å²) in [5.41, 5.74) is 6.70. The first-order valence-corrected chi connectivity index (χ1v) is 7.46. The molecule has 2 aromatic carbocycles. The maximum atomic E-state index is 13.6. The van der Waals surface area contributed by atoms with Crippen LogP contribution >= 0.6 is 11.6 Å². The lowest BCUT2D eigenvalue weighted by atomic mass is 10.2. The van der Waals surface area contributed by atoms with E-state index < -0.39 is 16.6 Å². The van der Waals surface area contributed by atoms with Gasteiger partial charge < -0.3 is 10.5 Å². The average molecular weight is 314 g/mol. The summed E-state index contributed by atoms with van der Waals surface area (Å²) in [6.45, 7) is 0. The molecule has 2 rings (SSSR count). The Bertz CT molecular complexity index is 664. The smallest absolute Gasteiger partial charge is 0.165 e. The Morgan fingerprint density at radius 1 is 1.30 bits per heavy atom. The van der Waals surface area contributed by atoms with E-state index in [2.05, 4.69) is 0 Å². The standard InChI is InChI=1S/C14H13ClFNO2S/c1-19-13-4-2-9(6-12(13)16)8-20(18)14-5-3-10(17)7-11(14)15/h2-7H,8,17H2,1H3. The van der Waals surface area contributed by atoms with Gasteiger partial charge in [-0.1, -0.05) is 17.7 Å². The predicted octanol–water partition coefficient (Wildman–Crippen LogP) is 3.38. The number of methoxy groups -OCH3 is 1. The second-order valence-electron chi connectivity index (χ2n) is 4.15. The van der Waals surface area contributed by atoms with Crippen molar-refractivity contribution < 1.29 is 13.3 Å². The molecule has 0 bridgehead atoms. The lowest BCUT2D eigenvalue weighted by Gasteiger charge is -2.07. The number of hydrogen-bond acceptors (Lipinski definition) is 3. The topological polar surface area (TPSA) is 52.3 Å². The molecule has 0 amide bonds. The van der Waals surface area contributed by atoms with Gasteiger partial charge in [-0.05, 0) is 35.9 Å². The fourth-order valence-electron chi connectivity index (χ4n) is 1.73. The van der Waals surface area contributed by atoms with Crippen LogP contribution in [-0.4, -0.2) is 11.3 Å². The molecule has 0 radical (unpaired) electrons. The van der Waals surface area contributed by atoms with Crippen LogP contribution in [0.4, 0.5) is 10.1 Å². The number of benzene rings is 2. The van der Waals surface area contributed by atoms with Crippen molar-refractivity contribution >= 4 is 28.1 Å². The molecule has 1 atom stereocenters. The second kappa shape index (κ2) is 6.24. The third-order valence-electron chi connectivity index (χ3n) is 2.72. The molecule has 0 aliphatic heterocycles. The minimum Gasteiger partial charge on any atom is -0.494 e.